The number of nitrogens with one attached hydrogen (secondary N) is 1. The molecule has 3 rings (SSSR count). The molecular weight excluding hydrogens is 446 g/mol. The van der Waals surface area contributed by atoms with Crippen LogP contribution in [-0.4, -0.2) is 73.5 Å². The highest BCUT2D eigenvalue weighted by Gasteiger charge is 2.30. The van der Waals surface area contributed by atoms with Crippen molar-refractivity contribution in [2.24, 2.45) is 5.92 Å². The van der Waals surface area contributed by atoms with Crippen molar-refractivity contribution >= 4 is 23.4 Å². The molecule has 8 nitrogen and oxygen atoms in total. The van der Waals surface area contributed by atoms with Crippen molar-refractivity contribution in [3.63, 3.8) is 0 Å². The summed E-state index contributed by atoms with van der Waals surface area (Å²) in [7, 11) is 3.33. The summed E-state index contributed by atoms with van der Waals surface area (Å²) in [6.07, 6.45) is 0.141. The van der Waals surface area contributed by atoms with Crippen molar-refractivity contribution in [1.82, 2.24) is 9.80 Å². The number of methoxy groups -OCH3 is 1. The minimum atomic E-state index is -0.268. The standard InChI is InChI=1S/C27H35N3O5/c1-6-25(31)30-15-18(2)24(34-5)16-29(4)27(33)22-14-21(12-13-23(22)35-17-19(30)3)28-26(32)20-10-8-7-9-11-20/h7-14,18-19,24H,6,15-17H2,1-5H3,(H,28,32)/t18-,19-,24+/m1/s1. The van der Waals surface area contributed by atoms with Crippen LogP contribution < -0.4 is 10.1 Å². The Morgan fingerprint density at radius 1 is 1.11 bits per heavy atom. The molecule has 0 aromatic heterocycles. The number of carbonyl (C=O) groups excluding carboxylic acids is 3. The number of hydrogen-bond acceptors (Lipinski definition) is 5. The highest BCUT2D eigenvalue weighted by molar-refractivity contribution is 6.05. The first-order valence-electron chi connectivity index (χ1n) is 12.0. The number of rotatable bonds is 4. The molecule has 0 bridgehead atoms. The molecule has 3 amide bonds. The summed E-state index contributed by atoms with van der Waals surface area (Å²) in [5.74, 6) is -0.0548. The summed E-state index contributed by atoms with van der Waals surface area (Å²) < 4.78 is 11.8. The van der Waals surface area contributed by atoms with Crippen LogP contribution in [0.2, 0.25) is 0 Å². The zero-order valence-corrected chi connectivity index (χ0v) is 21.1. The normalized spacial score (nSPS) is 21.3. The fraction of sp³-hybridized carbons (Fsp3) is 0.444. The Morgan fingerprint density at radius 2 is 1.83 bits per heavy atom. The van der Waals surface area contributed by atoms with E-state index >= 15 is 0 Å². The molecule has 8 heteroatoms. The molecule has 2 aromatic carbocycles. The third-order valence-corrected chi connectivity index (χ3v) is 6.36. The lowest BCUT2D eigenvalue weighted by molar-refractivity contribution is -0.135. The van der Waals surface area contributed by atoms with Crippen LogP contribution in [0.1, 0.15) is 47.9 Å². The van der Waals surface area contributed by atoms with Crippen LogP contribution in [0.25, 0.3) is 0 Å². The number of ether oxygens (including phenoxy) is 2. The highest BCUT2D eigenvalue weighted by Crippen LogP contribution is 2.27. The van der Waals surface area contributed by atoms with Crippen molar-refractivity contribution < 1.29 is 23.9 Å². The van der Waals surface area contributed by atoms with E-state index in [0.29, 0.717) is 42.1 Å². The van der Waals surface area contributed by atoms with Crippen LogP contribution in [0.5, 0.6) is 5.75 Å². The average molecular weight is 482 g/mol. The Balaban J connectivity index is 1.94. The summed E-state index contributed by atoms with van der Waals surface area (Å²) in [4.78, 5) is 42.2. The smallest absolute Gasteiger partial charge is 0.257 e. The lowest BCUT2D eigenvalue weighted by Gasteiger charge is -2.36. The monoisotopic (exact) mass is 481 g/mol. The van der Waals surface area contributed by atoms with Crippen molar-refractivity contribution in [3.05, 3.63) is 59.7 Å². The zero-order valence-electron chi connectivity index (χ0n) is 21.1. The van der Waals surface area contributed by atoms with E-state index in [0.717, 1.165) is 0 Å². The van der Waals surface area contributed by atoms with Crippen molar-refractivity contribution in [3.8, 4) is 5.75 Å². The van der Waals surface area contributed by atoms with E-state index in [1.807, 2.05) is 31.7 Å². The van der Waals surface area contributed by atoms with Gasteiger partial charge in [-0.2, -0.15) is 0 Å². The van der Waals surface area contributed by atoms with E-state index < -0.39 is 0 Å². The number of anilines is 1. The molecule has 0 aliphatic carbocycles. The van der Waals surface area contributed by atoms with Gasteiger partial charge in [-0.1, -0.05) is 32.0 Å². The fourth-order valence-corrected chi connectivity index (χ4v) is 4.20. The number of benzene rings is 2. The maximum atomic E-state index is 13.4. The second-order valence-electron chi connectivity index (χ2n) is 9.03. The molecule has 0 unspecified atom stereocenters. The number of likely N-dealkylation sites (N-methyl/N-ethyl adjacent to an activating group) is 1. The summed E-state index contributed by atoms with van der Waals surface area (Å²) in [5, 5.41) is 2.85. The Kier molecular flexibility index (Phi) is 8.87. The number of nitrogens with zero attached hydrogens (tertiary/aromatic N) is 2. The topological polar surface area (TPSA) is 88.2 Å². The van der Waals surface area contributed by atoms with Crippen molar-refractivity contribution in [1.29, 1.82) is 0 Å². The first-order chi connectivity index (χ1) is 16.7. The lowest BCUT2D eigenvalue weighted by Crippen LogP contribution is -2.48. The van der Waals surface area contributed by atoms with Crippen molar-refractivity contribution in [2.45, 2.75) is 39.3 Å². The molecule has 1 aliphatic heterocycles. The molecule has 3 atom stereocenters. The van der Waals surface area contributed by atoms with Crippen LogP contribution in [0, 0.1) is 5.92 Å². The molecule has 0 spiro atoms. The summed E-state index contributed by atoms with van der Waals surface area (Å²) >= 11 is 0. The fourth-order valence-electron chi connectivity index (χ4n) is 4.20. The Morgan fingerprint density at radius 3 is 2.49 bits per heavy atom. The second-order valence-corrected chi connectivity index (χ2v) is 9.03. The van der Waals surface area contributed by atoms with Gasteiger partial charge in [0.2, 0.25) is 5.91 Å². The summed E-state index contributed by atoms with van der Waals surface area (Å²) in [6, 6.07) is 13.7. The van der Waals surface area contributed by atoms with E-state index in [9.17, 15) is 14.4 Å². The van der Waals surface area contributed by atoms with Gasteiger partial charge in [0.1, 0.15) is 12.4 Å². The van der Waals surface area contributed by atoms with Crippen LogP contribution in [0.4, 0.5) is 5.69 Å². The molecule has 35 heavy (non-hydrogen) atoms. The highest BCUT2D eigenvalue weighted by atomic mass is 16.5. The second kappa shape index (κ2) is 11.8. The van der Waals surface area contributed by atoms with Crippen LogP contribution >= 0.6 is 0 Å². The third kappa shape index (κ3) is 6.39. The predicted octanol–water partition coefficient (Wildman–Crippen LogP) is 3.68. The molecular formula is C27H35N3O5. The third-order valence-electron chi connectivity index (χ3n) is 6.36. The van der Waals surface area contributed by atoms with Gasteiger partial charge in [0.05, 0.1) is 17.7 Å². The lowest BCUT2D eigenvalue weighted by atomic mass is 10.0. The minimum Gasteiger partial charge on any atom is -0.491 e. The molecule has 1 N–H and O–H groups in total. The van der Waals surface area contributed by atoms with Gasteiger partial charge in [0, 0.05) is 50.8 Å². The van der Waals surface area contributed by atoms with E-state index in [2.05, 4.69) is 5.32 Å². The van der Waals surface area contributed by atoms with Crippen LogP contribution in [0.3, 0.4) is 0 Å². The van der Waals surface area contributed by atoms with Gasteiger partial charge < -0.3 is 24.6 Å². The van der Waals surface area contributed by atoms with Crippen molar-refractivity contribution in [2.75, 3.05) is 39.2 Å². The van der Waals surface area contributed by atoms with Crippen LogP contribution in [-0.2, 0) is 9.53 Å². The van der Waals surface area contributed by atoms with E-state index in [1.165, 1.54) is 0 Å². The number of fused-ring (bicyclic) bond motifs is 1. The largest absolute Gasteiger partial charge is 0.491 e. The van der Waals surface area contributed by atoms with Gasteiger partial charge in [0.15, 0.2) is 0 Å². The molecule has 188 valence electrons. The number of carbonyl (C=O) groups is 3. The summed E-state index contributed by atoms with van der Waals surface area (Å²) in [5.41, 5.74) is 1.34. The molecule has 0 fully saturated rings. The molecule has 0 saturated heterocycles. The van der Waals surface area contributed by atoms with Gasteiger partial charge in [-0.3, -0.25) is 14.4 Å². The molecule has 0 saturated carbocycles. The van der Waals surface area contributed by atoms with E-state index in [4.69, 9.17) is 9.47 Å². The number of amides is 3. The SMILES string of the molecule is CCC(=O)N1C[C@@H](C)[C@@H](OC)CN(C)C(=O)c2cc(NC(=O)c3ccccc3)ccc2OC[C@H]1C. The molecule has 0 radical (unpaired) electrons. The maximum Gasteiger partial charge on any atom is 0.257 e. The first-order valence-corrected chi connectivity index (χ1v) is 12.0. The maximum absolute atomic E-state index is 13.4. The van der Waals surface area contributed by atoms with Gasteiger partial charge in [-0.25, -0.2) is 0 Å². The average Bonchev–Trinajstić information content (AvgIpc) is 2.88. The Labute approximate surface area is 207 Å². The van der Waals surface area contributed by atoms with Crippen LogP contribution in [0.15, 0.2) is 48.5 Å². The first kappa shape index (κ1) is 26.2. The van der Waals surface area contributed by atoms with Gasteiger partial charge >= 0.3 is 0 Å². The minimum absolute atomic E-state index is 0.00333. The quantitative estimate of drug-likeness (QED) is 0.720. The summed E-state index contributed by atoms with van der Waals surface area (Å²) in [6.45, 7) is 6.89. The van der Waals surface area contributed by atoms with Gasteiger partial charge in [0.25, 0.3) is 11.8 Å². The van der Waals surface area contributed by atoms with E-state index in [-0.39, 0.29) is 42.4 Å². The molecule has 1 heterocycles. The Hall–Kier alpha value is -3.39. The van der Waals surface area contributed by atoms with Gasteiger partial charge in [-0.15, -0.1) is 0 Å². The number of hydrogen-bond donors (Lipinski definition) is 1. The molecule has 1 aliphatic rings. The zero-order chi connectivity index (χ0) is 25.5. The Bertz CT molecular complexity index is 1040. The molecule has 2 aromatic rings. The van der Waals surface area contributed by atoms with Gasteiger partial charge in [-0.05, 0) is 37.3 Å². The van der Waals surface area contributed by atoms with E-state index in [1.54, 1.807) is 61.5 Å². The predicted molar refractivity (Wildman–Crippen MR) is 135 cm³/mol.